The molecule has 0 radical (unpaired) electrons. The molecule has 1 N–H and O–H groups in total. The fraction of sp³-hybridized carbons (Fsp3) is 0. The second-order valence-electron chi connectivity index (χ2n) is 2.23. The first-order valence-electron chi connectivity index (χ1n) is 3.33. The molecule has 0 saturated carbocycles. The van der Waals surface area contributed by atoms with E-state index in [1.54, 1.807) is 0 Å². The van der Waals surface area contributed by atoms with E-state index >= 15 is 0 Å². The van der Waals surface area contributed by atoms with Crippen molar-refractivity contribution in [2.45, 2.75) is 0 Å². The highest BCUT2D eigenvalue weighted by Crippen LogP contribution is 2.05. The lowest BCUT2D eigenvalue weighted by molar-refractivity contribution is 0.106. The van der Waals surface area contributed by atoms with Crippen LogP contribution in [0.3, 0.4) is 0 Å². The monoisotopic (exact) mass is 201 g/mol. The number of hydrogen-bond donors (Lipinski definition) is 1. The molecule has 0 amide bonds. The Hall–Kier alpha value is -1.42. The molecule has 0 aliphatic heterocycles. The van der Waals surface area contributed by atoms with Gasteiger partial charge in [-0.2, -0.15) is 0 Å². The van der Waals surface area contributed by atoms with Gasteiger partial charge in [-0.25, -0.2) is 4.39 Å². The molecule has 0 aliphatic carbocycles. The van der Waals surface area contributed by atoms with Crippen molar-refractivity contribution in [3.63, 3.8) is 0 Å². The summed E-state index contributed by atoms with van der Waals surface area (Å²) in [7, 11) is 0. The van der Waals surface area contributed by atoms with E-state index in [2.05, 4.69) is 5.16 Å². The number of carbonyl (C=O) groups excluding carboxylic acids is 1. The summed E-state index contributed by atoms with van der Waals surface area (Å²) in [6.45, 7) is 0. The Morgan fingerprint density at radius 3 is 2.38 bits per heavy atom. The van der Waals surface area contributed by atoms with E-state index in [-0.39, 0.29) is 5.56 Å². The van der Waals surface area contributed by atoms with Crippen molar-refractivity contribution in [1.82, 2.24) is 0 Å². The summed E-state index contributed by atoms with van der Waals surface area (Å²) in [6, 6.07) is 4.75. The Labute approximate surface area is 78.4 Å². The zero-order valence-electron chi connectivity index (χ0n) is 6.37. The van der Waals surface area contributed by atoms with Gasteiger partial charge in [0.05, 0.1) is 0 Å². The second-order valence-corrected chi connectivity index (χ2v) is 2.58. The summed E-state index contributed by atoms with van der Waals surface area (Å²) < 4.78 is 12.4. The quantitative estimate of drug-likeness (QED) is 0.345. The first-order valence-corrected chi connectivity index (χ1v) is 3.71. The van der Waals surface area contributed by atoms with Gasteiger partial charge in [0.2, 0.25) is 11.0 Å². The lowest BCUT2D eigenvalue weighted by Crippen LogP contribution is -2.07. The molecule has 0 aromatic heterocycles. The molecule has 0 bridgehead atoms. The first-order chi connectivity index (χ1) is 6.15. The minimum atomic E-state index is -0.649. The van der Waals surface area contributed by atoms with Gasteiger partial charge in [0.15, 0.2) is 0 Å². The van der Waals surface area contributed by atoms with E-state index in [0.717, 1.165) is 12.1 Å². The van der Waals surface area contributed by atoms with Crippen molar-refractivity contribution in [2.24, 2.45) is 5.16 Å². The molecule has 0 aliphatic rings. The van der Waals surface area contributed by atoms with E-state index in [9.17, 15) is 9.18 Å². The number of halogens is 2. The number of nitrogens with zero attached hydrogens (tertiary/aromatic N) is 1. The third kappa shape index (κ3) is 2.26. The number of ketones is 1. The summed E-state index contributed by atoms with van der Waals surface area (Å²) in [5, 5.41) is 10.2. The number of carbonyl (C=O) groups is 1. The maximum absolute atomic E-state index is 12.4. The Morgan fingerprint density at radius 2 is 1.92 bits per heavy atom. The zero-order chi connectivity index (χ0) is 9.84. The van der Waals surface area contributed by atoms with E-state index in [1.807, 2.05) is 0 Å². The fourth-order valence-corrected chi connectivity index (χ4v) is 0.875. The summed E-state index contributed by atoms with van der Waals surface area (Å²) in [5.74, 6) is -1.10. The van der Waals surface area contributed by atoms with Gasteiger partial charge in [-0.15, -0.1) is 0 Å². The van der Waals surface area contributed by atoms with Crippen LogP contribution in [0.2, 0.25) is 0 Å². The SMILES string of the molecule is O=C(C(Cl)=NO)c1ccc(F)cc1. The van der Waals surface area contributed by atoms with E-state index in [4.69, 9.17) is 16.8 Å². The van der Waals surface area contributed by atoms with Gasteiger partial charge in [-0.3, -0.25) is 4.79 Å². The Balaban J connectivity index is 2.97. The van der Waals surface area contributed by atoms with Gasteiger partial charge >= 0.3 is 0 Å². The molecule has 5 heteroatoms. The lowest BCUT2D eigenvalue weighted by atomic mass is 10.1. The van der Waals surface area contributed by atoms with Crippen LogP contribution < -0.4 is 0 Å². The molecular weight excluding hydrogens is 197 g/mol. The predicted octanol–water partition coefficient (Wildman–Crippen LogP) is 2.03. The molecule has 13 heavy (non-hydrogen) atoms. The van der Waals surface area contributed by atoms with Crippen molar-refractivity contribution in [3.05, 3.63) is 35.6 Å². The topological polar surface area (TPSA) is 49.7 Å². The second kappa shape index (κ2) is 4.00. The average Bonchev–Trinajstić information content (AvgIpc) is 2.17. The highest BCUT2D eigenvalue weighted by Gasteiger charge is 2.11. The van der Waals surface area contributed by atoms with E-state index in [1.165, 1.54) is 12.1 Å². The Bertz CT molecular complexity index is 348. The summed E-state index contributed by atoms with van der Waals surface area (Å²) >= 11 is 5.25. The average molecular weight is 202 g/mol. The molecule has 0 unspecified atom stereocenters. The van der Waals surface area contributed by atoms with Crippen LogP contribution in [0.5, 0.6) is 0 Å². The van der Waals surface area contributed by atoms with Crippen LogP contribution in [0.4, 0.5) is 4.39 Å². The molecule has 1 aromatic rings. The molecule has 3 nitrogen and oxygen atoms in total. The molecular formula is C8H5ClFNO2. The van der Waals surface area contributed by atoms with Crippen LogP contribution in [0.25, 0.3) is 0 Å². The Morgan fingerprint density at radius 1 is 1.38 bits per heavy atom. The largest absolute Gasteiger partial charge is 0.410 e. The van der Waals surface area contributed by atoms with Gasteiger partial charge in [0.25, 0.3) is 0 Å². The number of oxime groups is 1. The van der Waals surface area contributed by atoms with Gasteiger partial charge < -0.3 is 5.21 Å². The highest BCUT2D eigenvalue weighted by molar-refractivity contribution is 6.84. The van der Waals surface area contributed by atoms with Gasteiger partial charge in [0, 0.05) is 5.56 Å². The number of Topliss-reactive ketones (excluding diaryl/α,β-unsaturated/α-hetero) is 1. The number of benzene rings is 1. The lowest BCUT2D eigenvalue weighted by Gasteiger charge is -1.95. The molecule has 1 rings (SSSR count). The standard InChI is InChI=1S/C8H5ClFNO2/c9-8(11-13)7(12)5-1-3-6(10)4-2-5/h1-4,13H. The van der Waals surface area contributed by atoms with Crippen LogP contribution in [-0.2, 0) is 0 Å². The zero-order valence-corrected chi connectivity index (χ0v) is 7.12. The smallest absolute Gasteiger partial charge is 0.226 e. The predicted molar refractivity (Wildman–Crippen MR) is 45.8 cm³/mol. The minimum Gasteiger partial charge on any atom is -0.410 e. The number of hydrogen-bond acceptors (Lipinski definition) is 3. The molecule has 0 fully saturated rings. The normalized spacial score (nSPS) is 11.4. The van der Waals surface area contributed by atoms with Gasteiger partial charge in [-0.1, -0.05) is 16.8 Å². The first kappa shape index (κ1) is 9.67. The summed E-state index contributed by atoms with van der Waals surface area (Å²) in [5.41, 5.74) is 0.171. The van der Waals surface area contributed by atoms with Crippen molar-refractivity contribution in [2.75, 3.05) is 0 Å². The van der Waals surface area contributed by atoms with Crippen LogP contribution in [-0.4, -0.2) is 16.2 Å². The van der Waals surface area contributed by atoms with E-state index in [0.29, 0.717) is 0 Å². The summed E-state index contributed by atoms with van der Waals surface area (Å²) in [6.07, 6.45) is 0. The third-order valence-corrected chi connectivity index (χ3v) is 1.63. The maximum atomic E-state index is 12.4. The Kier molecular flexibility index (Phi) is 2.97. The van der Waals surface area contributed by atoms with Crippen LogP contribution in [0.15, 0.2) is 29.4 Å². The minimum absolute atomic E-state index is 0.171. The van der Waals surface area contributed by atoms with Crippen LogP contribution >= 0.6 is 11.6 Å². The molecule has 1 aromatic carbocycles. The van der Waals surface area contributed by atoms with Crippen LogP contribution in [0.1, 0.15) is 10.4 Å². The molecule has 0 saturated heterocycles. The number of rotatable bonds is 2. The molecule has 68 valence electrons. The third-order valence-electron chi connectivity index (χ3n) is 1.38. The van der Waals surface area contributed by atoms with E-state index < -0.39 is 16.8 Å². The van der Waals surface area contributed by atoms with Crippen LogP contribution in [0, 0.1) is 5.82 Å². The van der Waals surface area contributed by atoms with Crippen molar-refractivity contribution >= 4 is 22.6 Å². The maximum Gasteiger partial charge on any atom is 0.226 e. The highest BCUT2D eigenvalue weighted by atomic mass is 35.5. The molecule has 0 atom stereocenters. The van der Waals surface area contributed by atoms with Crippen molar-refractivity contribution in [3.8, 4) is 0 Å². The summed E-state index contributed by atoms with van der Waals surface area (Å²) in [4.78, 5) is 11.1. The fourth-order valence-electron chi connectivity index (χ4n) is 0.766. The van der Waals surface area contributed by atoms with Gasteiger partial charge in [-0.05, 0) is 24.3 Å². The molecule has 0 spiro atoms. The molecule has 0 heterocycles. The van der Waals surface area contributed by atoms with Crippen molar-refractivity contribution in [1.29, 1.82) is 0 Å². The van der Waals surface area contributed by atoms with Crippen molar-refractivity contribution < 1.29 is 14.4 Å². The van der Waals surface area contributed by atoms with Gasteiger partial charge in [0.1, 0.15) is 5.82 Å².